The molecule has 0 aliphatic rings. The molecule has 0 fully saturated rings. The zero-order valence-electron chi connectivity index (χ0n) is 17.0. The summed E-state index contributed by atoms with van der Waals surface area (Å²) in [6.45, 7) is 1.44. The average Bonchev–Trinajstić information content (AvgIpc) is 2.76. The lowest BCUT2D eigenvalue weighted by Gasteiger charge is -2.09. The predicted molar refractivity (Wildman–Crippen MR) is 110 cm³/mol. The number of Topliss-reactive ketones (excluding diaryl/α,β-unsaturated/α-hetero) is 1. The fourth-order valence-electron chi connectivity index (χ4n) is 3.10. The first-order valence-corrected chi connectivity index (χ1v) is 9.36. The maximum Gasteiger partial charge on any atom is 0.339 e. The third kappa shape index (κ3) is 4.68. The zero-order valence-corrected chi connectivity index (χ0v) is 17.0. The topological polar surface area (TPSA) is 92.0 Å². The molecule has 2 aromatic carbocycles. The molecule has 3 aromatic rings. The molecule has 7 heteroatoms. The summed E-state index contributed by atoms with van der Waals surface area (Å²) in [5.41, 5.74) is 1.49. The third-order valence-electron chi connectivity index (χ3n) is 4.85. The lowest BCUT2D eigenvalue weighted by Crippen LogP contribution is -2.17. The van der Waals surface area contributed by atoms with Crippen molar-refractivity contribution in [2.75, 3.05) is 20.8 Å². The summed E-state index contributed by atoms with van der Waals surface area (Å²) in [5, 5.41) is 0.772. The Morgan fingerprint density at radius 1 is 0.967 bits per heavy atom. The van der Waals surface area contributed by atoms with Crippen molar-refractivity contribution in [2.24, 2.45) is 0 Å². The van der Waals surface area contributed by atoms with Crippen LogP contribution in [0.2, 0.25) is 0 Å². The van der Waals surface area contributed by atoms with Crippen molar-refractivity contribution in [3.05, 3.63) is 69.6 Å². The second-order valence-corrected chi connectivity index (χ2v) is 6.67. The summed E-state index contributed by atoms with van der Waals surface area (Å²) in [5.74, 6) is 0.335. The third-order valence-corrected chi connectivity index (χ3v) is 4.85. The van der Waals surface area contributed by atoms with Gasteiger partial charge >= 0.3 is 11.6 Å². The van der Waals surface area contributed by atoms with Gasteiger partial charge < -0.3 is 18.6 Å². The SMILES string of the molecule is COc1ccc(C(=O)COC(=O)CCc2c(C)c3ccc(OC)cc3oc2=O)cc1. The quantitative estimate of drug-likeness (QED) is 0.319. The fourth-order valence-corrected chi connectivity index (χ4v) is 3.10. The maximum absolute atomic E-state index is 12.3. The van der Waals surface area contributed by atoms with Crippen LogP contribution < -0.4 is 15.1 Å². The Hall–Kier alpha value is -3.61. The minimum absolute atomic E-state index is 0.0385. The molecule has 0 aliphatic heterocycles. The van der Waals surface area contributed by atoms with Gasteiger partial charge in [0.25, 0.3) is 0 Å². The number of esters is 1. The van der Waals surface area contributed by atoms with Crippen LogP contribution in [-0.4, -0.2) is 32.6 Å². The lowest BCUT2D eigenvalue weighted by atomic mass is 10.0. The number of benzene rings is 2. The van der Waals surface area contributed by atoms with Crippen LogP contribution in [0.3, 0.4) is 0 Å². The summed E-state index contributed by atoms with van der Waals surface area (Å²) >= 11 is 0. The van der Waals surface area contributed by atoms with Gasteiger partial charge in [-0.05, 0) is 55.3 Å². The Morgan fingerprint density at radius 2 is 1.63 bits per heavy atom. The number of carbonyl (C=O) groups excluding carboxylic acids is 2. The van der Waals surface area contributed by atoms with Gasteiger partial charge in [0.05, 0.1) is 14.2 Å². The summed E-state index contributed by atoms with van der Waals surface area (Å²) in [4.78, 5) is 36.6. The van der Waals surface area contributed by atoms with Crippen LogP contribution in [0.15, 0.2) is 51.7 Å². The maximum atomic E-state index is 12.3. The molecule has 0 radical (unpaired) electrons. The Labute approximate surface area is 173 Å². The van der Waals surface area contributed by atoms with Gasteiger partial charge in [0.2, 0.25) is 0 Å². The number of ether oxygens (including phenoxy) is 3. The molecule has 0 N–H and O–H groups in total. The van der Waals surface area contributed by atoms with E-state index < -0.39 is 11.6 Å². The van der Waals surface area contributed by atoms with Gasteiger partial charge in [0.15, 0.2) is 12.4 Å². The average molecular weight is 410 g/mol. The molecule has 0 saturated carbocycles. The van der Waals surface area contributed by atoms with Crippen LogP contribution in [0.1, 0.15) is 27.9 Å². The zero-order chi connectivity index (χ0) is 21.7. The minimum Gasteiger partial charge on any atom is -0.497 e. The first-order valence-electron chi connectivity index (χ1n) is 9.36. The number of hydrogen-bond donors (Lipinski definition) is 0. The molecule has 0 atom stereocenters. The molecule has 1 heterocycles. The molecular weight excluding hydrogens is 388 g/mol. The molecule has 0 spiro atoms. The summed E-state index contributed by atoms with van der Waals surface area (Å²) < 4.78 is 20.6. The molecule has 7 nitrogen and oxygen atoms in total. The first-order chi connectivity index (χ1) is 14.4. The summed E-state index contributed by atoms with van der Waals surface area (Å²) in [6.07, 6.45) is 0.120. The number of rotatable bonds is 8. The van der Waals surface area contributed by atoms with Gasteiger partial charge in [-0.3, -0.25) is 9.59 Å². The molecule has 1 aromatic heterocycles. The van der Waals surface area contributed by atoms with Crippen LogP contribution in [0.25, 0.3) is 11.0 Å². The number of aryl methyl sites for hydroxylation is 1. The number of methoxy groups -OCH3 is 2. The minimum atomic E-state index is -0.564. The highest BCUT2D eigenvalue weighted by atomic mass is 16.5. The molecule has 30 heavy (non-hydrogen) atoms. The lowest BCUT2D eigenvalue weighted by molar-refractivity contribution is -0.142. The largest absolute Gasteiger partial charge is 0.497 e. The van der Waals surface area contributed by atoms with E-state index in [1.165, 1.54) is 14.2 Å². The number of fused-ring (bicyclic) bond motifs is 1. The number of ketones is 1. The molecule has 0 amide bonds. The molecule has 0 unspecified atom stereocenters. The van der Waals surface area contributed by atoms with Crippen molar-refractivity contribution >= 4 is 22.7 Å². The van der Waals surface area contributed by atoms with Gasteiger partial charge in [0.1, 0.15) is 17.1 Å². The molecular formula is C23H22O7. The highest BCUT2D eigenvalue weighted by Gasteiger charge is 2.15. The summed E-state index contributed by atoms with van der Waals surface area (Å²) in [7, 11) is 3.07. The van der Waals surface area contributed by atoms with Gasteiger partial charge in [-0.15, -0.1) is 0 Å². The Balaban J connectivity index is 1.62. The van der Waals surface area contributed by atoms with Crippen molar-refractivity contribution in [3.63, 3.8) is 0 Å². The van der Waals surface area contributed by atoms with E-state index in [0.29, 0.717) is 28.2 Å². The Kier molecular flexibility index (Phi) is 6.51. The molecule has 156 valence electrons. The van der Waals surface area contributed by atoms with E-state index in [4.69, 9.17) is 18.6 Å². The van der Waals surface area contributed by atoms with E-state index in [0.717, 1.165) is 10.9 Å². The number of carbonyl (C=O) groups is 2. The van der Waals surface area contributed by atoms with Crippen LogP contribution in [0.5, 0.6) is 11.5 Å². The van der Waals surface area contributed by atoms with Crippen molar-refractivity contribution in [2.45, 2.75) is 19.8 Å². The normalized spacial score (nSPS) is 10.6. The van der Waals surface area contributed by atoms with Gasteiger partial charge in [-0.25, -0.2) is 4.79 Å². The first kappa shape index (κ1) is 21.1. The van der Waals surface area contributed by atoms with Crippen LogP contribution in [0.4, 0.5) is 0 Å². The predicted octanol–water partition coefficient (Wildman–Crippen LogP) is 3.48. The van der Waals surface area contributed by atoms with E-state index in [1.807, 2.05) is 6.07 Å². The monoisotopic (exact) mass is 410 g/mol. The molecule has 0 bridgehead atoms. The fraction of sp³-hybridized carbons (Fsp3) is 0.261. The van der Waals surface area contributed by atoms with Gasteiger partial charge in [0, 0.05) is 29.0 Å². The van der Waals surface area contributed by atoms with Crippen molar-refractivity contribution in [1.82, 2.24) is 0 Å². The van der Waals surface area contributed by atoms with Crippen LogP contribution >= 0.6 is 0 Å². The van der Waals surface area contributed by atoms with Crippen molar-refractivity contribution in [3.8, 4) is 11.5 Å². The van der Waals surface area contributed by atoms with Crippen LogP contribution in [0, 0.1) is 6.92 Å². The highest BCUT2D eigenvalue weighted by molar-refractivity contribution is 5.98. The van der Waals surface area contributed by atoms with Crippen molar-refractivity contribution < 1.29 is 28.2 Å². The van der Waals surface area contributed by atoms with E-state index in [2.05, 4.69) is 0 Å². The highest BCUT2D eigenvalue weighted by Crippen LogP contribution is 2.24. The molecule has 3 rings (SSSR count). The Morgan fingerprint density at radius 3 is 2.30 bits per heavy atom. The van der Waals surface area contributed by atoms with E-state index in [9.17, 15) is 14.4 Å². The molecule has 0 aliphatic carbocycles. The smallest absolute Gasteiger partial charge is 0.339 e. The van der Waals surface area contributed by atoms with Gasteiger partial charge in [-0.1, -0.05) is 0 Å². The van der Waals surface area contributed by atoms with Gasteiger partial charge in [-0.2, -0.15) is 0 Å². The number of hydrogen-bond acceptors (Lipinski definition) is 7. The van der Waals surface area contributed by atoms with E-state index in [1.54, 1.807) is 43.3 Å². The van der Waals surface area contributed by atoms with E-state index in [-0.39, 0.29) is 25.2 Å². The Bertz CT molecular complexity index is 1130. The van der Waals surface area contributed by atoms with E-state index >= 15 is 0 Å². The second-order valence-electron chi connectivity index (χ2n) is 6.67. The van der Waals surface area contributed by atoms with Crippen molar-refractivity contribution in [1.29, 1.82) is 0 Å². The second kappa shape index (κ2) is 9.26. The summed E-state index contributed by atoms with van der Waals surface area (Å²) in [6, 6.07) is 11.8. The standard InChI is InChI=1S/C23H22O7/c1-14-18-9-8-17(28-3)12-21(18)30-23(26)19(14)10-11-22(25)29-13-20(24)15-4-6-16(27-2)7-5-15/h4-9,12H,10-11,13H2,1-3H3. The molecule has 0 saturated heterocycles. The van der Waals surface area contributed by atoms with Crippen LogP contribution in [-0.2, 0) is 16.0 Å².